The Morgan fingerprint density at radius 2 is 1.95 bits per heavy atom. The minimum atomic E-state index is -1.05. The van der Waals surface area contributed by atoms with Gasteiger partial charge in [-0.05, 0) is 80.6 Å². The zero-order valence-electron chi connectivity index (χ0n) is 22.3. The van der Waals surface area contributed by atoms with E-state index in [1.165, 1.54) is 17.7 Å². The average Bonchev–Trinajstić information content (AvgIpc) is 3.30. The van der Waals surface area contributed by atoms with Crippen molar-refractivity contribution in [3.63, 3.8) is 0 Å². The Hall–Kier alpha value is -3.92. The lowest BCUT2D eigenvalue weighted by atomic mass is 9.93. The first-order valence-corrected chi connectivity index (χ1v) is 13.7. The first-order chi connectivity index (χ1) is 18.9. The molecule has 206 valence electrons. The fraction of sp³-hybridized carbons (Fsp3) is 0.448. The number of aromatic amines is 1. The van der Waals surface area contributed by atoms with E-state index in [-0.39, 0.29) is 24.8 Å². The van der Waals surface area contributed by atoms with E-state index < -0.39 is 12.0 Å². The van der Waals surface area contributed by atoms with Crippen LogP contribution in [0.4, 0.5) is 5.69 Å². The van der Waals surface area contributed by atoms with Gasteiger partial charge in [0.1, 0.15) is 11.9 Å². The molecule has 0 spiro atoms. The van der Waals surface area contributed by atoms with Crippen LogP contribution in [0.3, 0.4) is 0 Å². The highest BCUT2D eigenvalue weighted by molar-refractivity contribution is 5.96. The molecule has 1 unspecified atom stereocenters. The van der Waals surface area contributed by atoms with Crippen LogP contribution in [0.1, 0.15) is 53.8 Å². The summed E-state index contributed by atoms with van der Waals surface area (Å²) < 4.78 is 0. The number of aromatic nitrogens is 2. The van der Waals surface area contributed by atoms with Gasteiger partial charge in [-0.25, -0.2) is 4.98 Å². The zero-order chi connectivity index (χ0) is 27.4. The molecule has 2 amide bonds. The zero-order valence-corrected chi connectivity index (χ0v) is 22.3. The van der Waals surface area contributed by atoms with Gasteiger partial charge in [-0.15, -0.1) is 0 Å². The minimum absolute atomic E-state index is 0.0936. The second-order valence-corrected chi connectivity index (χ2v) is 10.6. The number of hydrogen-bond acceptors (Lipinski definition) is 6. The molecule has 10 nitrogen and oxygen atoms in total. The molecule has 1 saturated heterocycles. The third kappa shape index (κ3) is 6.39. The van der Waals surface area contributed by atoms with Crippen LogP contribution in [-0.4, -0.2) is 75.4 Å². The summed E-state index contributed by atoms with van der Waals surface area (Å²) >= 11 is 0. The monoisotopic (exact) mass is 532 g/mol. The third-order valence-electron chi connectivity index (χ3n) is 7.71. The lowest BCUT2D eigenvalue weighted by Gasteiger charge is -2.26. The molecule has 0 bridgehead atoms. The van der Waals surface area contributed by atoms with Gasteiger partial charge < -0.3 is 30.5 Å². The van der Waals surface area contributed by atoms with E-state index >= 15 is 0 Å². The van der Waals surface area contributed by atoms with Crippen molar-refractivity contribution in [1.29, 1.82) is 0 Å². The number of benzene rings is 2. The normalized spacial score (nSPS) is 17.9. The van der Waals surface area contributed by atoms with Crippen molar-refractivity contribution >= 4 is 34.5 Å². The van der Waals surface area contributed by atoms with Gasteiger partial charge in [0.15, 0.2) is 0 Å². The Kier molecular flexibility index (Phi) is 8.11. The van der Waals surface area contributed by atoms with E-state index in [4.69, 9.17) is 4.98 Å². The standard InChI is InChI=1S/C29H36N6O4/c1-34-17-21-15-20(8-9-22(21)31-25(29(34)39)16-27(36)37)28(38)35(14-4-5-19-10-12-30-13-11-19)18-26-32-23-6-2-3-7-24(23)33-26/h2-3,6-9,15,19,25,30-31H,4-5,10-14,16-18H2,1H3,(H,32,33)(H,36,37). The summed E-state index contributed by atoms with van der Waals surface area (Å²) in [5.41, 5.74) is 3.79. The summed E-state index contributed by atoms with van der Waals surface area (Å²) in [6.07, 6.45) is 4.02. The number of likely N-dealkylation sites (N-methyl/N-ethyl adjacent to an activating group) is 1. The molecular formula is C29H36N6O4. The molecule has 39 heavy (non-hydrogen) atoms. The summed E-state index contributed by atoms with van der Waals surface area (Å²) in [5, 5.41) is 15.7. The molecular weight excluding hydrogens is 496 g/mol. The summed E-state index contributed by atoms with van der Waals surface area (Å²) in [4.78, 5) is 49.3. The van der Waals surface area contributed by atoms with E-state index in [0.29, 0.717) is 30.3 Å². The van der Waals surface area contributed by atoms with Gasteiger partial charge in [0.2, 0.25) is 5.91 Å². The fourth-order valence-electron chi connectivity index (χ4n) is 5.60. The van der Waals surface area contributed by atoms with Crippen molar-refractivity contribution in [2.75, 3.05) is 32.0 Å². The van der Waals surface area contributed by atoms with Gasteiger partial charge in [-0.1, -0.05) is 12.1 Å². The highest BCUT2D eigenvalue weighted by atomic mass is 16.4. The highest BCUT2D eigenvalue weighted by Gasteiger charge is 2.30. The molecule has 2 aliphatic heterocycles. The van der Waals surface area contributed by atoms with Crippen molar-refractivity contribution in [3.8, 4) is 0 Å². The number of fused-ring (bicyclic) bond motifs is 2. The van der Waals surface area contributed by atoms with Gasteiger partial charge in [0.05, 0.1) is 24.0 Å². The number of hydrogen-bond donors (Lipinski definition) is 4. The third-order valence-corrected chi connectivity index (χ3v) is 7.71. The molecule has 1 fully saturated rings. The predicted octanol–water partition coefficient (Wildman–Crippen LogP) is 3.21. The van der Waals surface area contributed by atoms with Gasteiger partial charge in [-0.3, -0.25) is 14.4 Å². The van der Waals surface area contributed by atoms with E-state index in [0.717, 1.165) is 48.4 Å². The number of carboxylic acids is 1. The number of carbonyl (C=O) groups is 3. The number of aliphatic carboxylic acids is 1. The Bertz CT molecular complexity index is 1320. The van der Waals surface area contributed by atoms with Crippen LogP contribution >= 0.6 is 0 Å². The van der Waals surface area contributed by atoms with E-state index in [1.807, 2.05) is 35.2 Å². The topological polar surface area (TPSA) is 131 Å². The number of para-hydroxylation sites is 2. The second kappa shape index (κ2) is 11.9. The van der Waals surface area contributed by atoms with Crippen LogP contribution in [0.5, 0.6) is 0 Å². The molecule has 0 radical (unpaired) electrons. The minimum Gasteiger partial charge on any atom is -0.481 e. The maximum Gasteiger partial charge on any atom is 0.305 e. The lowest BCUT2D eigenvalue weighted by Crippen LogP contribution is -2.39. The number of piperidine rings is 1. The van der Waals surface area contributed by atoms with Crippen molar-refractivity contribution in [2.24, 2.45) is 5.92 Å². The average molecular weight is 533 g/mol. The number of imidazole rings is 1. The Balaban J connectivity index is 1.36. The number of nitrogens with zero attached hydrogens (tertiary/aromatic N) is 3. The van der Waals surface area contributed by atoms with Crippen molar-refractivity contribution in [1.82, 2.24) is 25.1 Å². The number of H-pyrrole nitrogens is 1. The highest BCUT2D eigenvalue weighted by Crippen LogP contribution is 2.26. The molecule has 2 aliphatic rings. The maximum absolute atomic E-state index is 13.9. The molecule has 10 heteroatoms. The van der Waals surface area contributed by atoms with E-state index in [1.54, 1.807) is 19.2 Å². The number of amides is 2. The molecule has 1 atom stereocenters. The van der Waals surface area contributed by atoms with Gasteiger partial charge >= 0.3 is 5.97 Å². The summed E-state index contributed by atoms with van der Waals surface area (Å²) in [7, 11) is 1.65. The van der Waals surface area contributed by atoms with Crippen molar-refractivity contribution < 1.29 is 19.5 Å². The van der Waals surface area contributed by atoms with Crippen LogP contribution in [0.15, 0.2) is 42.5 Å². The van der Waals surface area contributed by atoms with Gasteiger partial charge in [0, 0.05) is 31.4 Å². The number of carbonyl (C=O) groups excluding carboxylic acids is 2. The molecule has 3 aromatic rings. The van der Waals surface area contributed by atoms with Gasteiger partial charge in [0.25, 0.3) is 5.91 Å². The number of rotatable bonds is 9. The molecule has 0 saturated carbocycles. The summed E-state index contributed by atoms with van der Waals surface area (Å²) in [6.45, 7) is 3.39. The fourth-order valence-corrected chi connectivity index (χ4v) is 5.60. The molecule has 3 heterocycles. The van der Waals surface area contributed by atoms with E-state index in [2.05, 4.69) is 15.6 Å². The Morgan fingerprint density at radius 1 is 1.15 bits per heavy atom. The van der Waals surface area contributed by atoms with Crippen LogP contribution in [0.2, 0.25) is 0 Å². The van der Waals surface area contributed by atoms with Crippen LogP contribution < -0.4 is 10.6 Å². The quantitative estimate of drug-likeness (QED) is 0.333. The predicted molar refractivity (Wildman–Crippen MR) is 148 cm³/mol. The molecule has 1 aromatic heterocycles. The smallest absolute Gasteiger partial charge is 0.305 e. The number of nitrogens with one attached hydrogen (secondary N) is 3. The Labute approximate surface area is 227 Å². The molecule has 0 aliphatic carbocycles. The summed E-state index contributed by atoms with van der Waals surface area (Å²) in [6, 6.07) is 12.3. The SMILES string of the molecule is CN1Cc2cc(C(=O)N(CCCC3CCNCC3)Cc3nc4ccccc4[nH]3)ccc2NC(CC(=O)O)C1=O. The number of anilines is 1. The van der Waals surface area contributed by atoms with Gasteiger partial charge in [-0.2, -0.15) is 0 Å². The maximum atomic E-state index is 13.9. The van der Waals surface area contributed by atoms with Crippen molar-refractivity contribution in [2.45, 2.75) is 51.2 Å². The molecule has 4 N–H and O–H groups in total. The van der Waals surface area contributed by atoms with Crippen LogP contribution in [-0.2, 0) is 22.7 Å². The first kappa shape index (κ1) is 26.7. The first-order valence-electron chi connectivity index (χ1n) is 13.7. The molecule has 2 aromatic carbocycles. The van der Waals surface area contributed by atoms with Crippen molar-refractivity contribution in [3.05, 3.63) is 59.4 Å². The Morgan fingerprint density at radius 3 is 2.72 bits per heavy atom. The largest absolute Gasteiger partial charge is 0.481 e. The lowest BCUT2D eigenvalue weighted by molar-refractivity contribution is -0.141. The molecule has 5 rings (SSSR count). The van der Waals surface area contributed by atoms with Crippen LogP contribution in [0.25, 0.3) is 11.0 Å². The van der Waals surface area contributed by atoms with Crippen LogP contribution in [0, 0.1) is 5.92 Å². The van der Waals surface area contributed by atoms with E-state index in [9.17, 15) is 19.5 Å². The number of carboxylic acid groups (broad SMARTS) is 1. The summed E-state index contributed by atoms with van der Waals surface area (Å²) in [5.74, 6) is -0.00511. The second-order valence-electron chi connectivity index (χ2n) is 10.6.